The first-order chi connectivity index (χ1) is 14.1. The number of amides is 1. The van der Waals surface area contributed by atoms with E-state index >= 15 is 0 Å². The maximum atomic E-state index is 12.3. The fourth-order valence-corrected chi connectivity index (χ4v) is 3.93. The molecule has 0 aliphatic carbocycles. The van der Waals surface area contributed by atoms with Crippen molar-refractivity contribution in [3.05, 3.63) is 100 Å². The molecular formula is C25H22N2OS. The highest BCUT2D eigenvalue weighted by molar-refractivity contribution is 7.13. The Kier molecular flexibility index (Phi) is 5.54. The smallest absolute Gasteiger partial charge is 0.251 e. The first-order valence-electron chi connectivity index (χ1n) is 9.55. The highest BCUT2D eigenvalue weighted by Crippen LogP contribution is 2.29. The lowest BCUT2D eigenvalue weighted by Gasteiger charge is -2.07. The molecule has 144 valence electrons. The van der Waals surface area contributed by atoms with E-state index < -0.39 is 0 Å². The van der Waals surface area contributed by atoms with Crippen molar-refractivity contribution in [3.8, 4) is 21.8 Å². The second-order valence-corrected chi connectivity index (χ2v) is 8.01. The molecule has 4 rings (SSSR count). The Morgan fingerprint density at radius 1 is 0.897 bits per heavy atom. The third-order valence-electron chi connectivity index (χ3n) is 4.79. The Bertz CT molecular complexity index is 1130. The Morgan fingerprint density at radius 3 is 2.34 bits per heavy atom. The van der Waals surface area contributed by atoms with Crippen LogP contribution in [-0.2, 0) is 6.54 Å². The minimum atomic E-state index is -0.0551. The predicted molar refractivity (Wildman–Crippen MR) is 120 cm³/mol. The van der Waals surface area contributed by atoms with E-state index in [0.717, 1.165) is 33.0 Å². The Hall–Kier alpha value is -3.24. The lowest BCUT2D eigenvalue weighted by Crippen LogP contribution is -2.22. The minimum Gasteiger partial charge on any atom is -0.348 e. The van der Waals surface area contributed by atoms with Crippen molar-refractivity contribution in [2.45, 2.75) is 20.4 Å². The predicted octanol–water partition coefficient (Wildman–Crippen LogP) is 6.02. The van der Waals surface area contributed by atoms with Gasteiger partial charge in [-0.3, -0.25) is 4.79 Å². The number of aryl methyl sites for hydroxylation is 2. The van der Waals surface area contributed by atoms with Crippen LogP contribution < -0.4 is 5.32 Å². The first-order valence-corrected chi connectivity index (χ1v) is 10.4. The molecule has 3 aromatic carbocycles. The summed E-state index contributed by atoms with van der Waals surface area (Å²) in [7, 11) is 0. The van der Waals surface area contributed by atoms with Crippen molar-refractivity contribution in [2.75, 3.05) is 0 Å². The number of nitrogens with zero attached hydrogens (tertiary/aromatic N) is 1. The molecule has 0 bridgehead atoms. The normalized spacial score (nSPS) is 10.7. The third-order valence-corrected chi connectivity index (χ3v) is 5.68. The Labute approximate surface area is 175 Å². The summed E-state index contributed by atoms with van der Waals surface area (Å²) in [6, 6.07) is 24.2. The quantitative estimate of drug-likeness (QED) is 0.446. The second kappa shape index (κ2) is 8.41. The average Bonchev–Trinajstić information content (AvgIpc) is 3.23. The maximum absolute atomic E-state index is 12.3. The van der Waals surface area contributed by atoms with E-state index in [4.69, 9.17) is 4.98 Å². The van der Waals surface area contributed by atoms with Gasteiger partial charge in [-0.1, -0.05) is 71.8 Å². The van der Waals surface area contributed by atoms with Crippen LogP contribution in [0.15, 0.2) is 78.2 Å². The highest BCUT2D eigenvalue weighted by atomic mass is 32.1. The Balaban J connectivity index is 1.42. The van der Waals surface area contributed by atoms with E-state index in [-0.39, 0.29) is 5.91 Å². The summed E-state index contributed by atoms with van der Waals surface area (Å²) in [6.45, 7) is 4.57. The molecule has 0 unspecified atom stereocenters. The number of nitrogens with one attached hydrogen (secondary N) is 1. The molecule has 0 atom stereocenters. The van der Waals surface area contributed by atoms with Gasteiger partial charge in [0.25, 0.3) is 5.91 Å². The van der Waals surface area contributed by atoms with Crippen molar-refractivity contribution in [1.29, 1.82) is 0 Å². The van der Waals surface area contributed by atoms with Crippen molar-refractivity contribution < 1.29 is 4.79 Å². The molecule has 4 heteroatoms. The van der Waals surface area contributed by atoms with Crippen LogP contribution in [0.2, 0.25) is 0 Å². The lowest BCUT2D eigenvalue weighted by molar-refractivity contribution is 0.0951. The molecule has 0 spiro atoms. The maximum Gasteiger partial charge on any atom is 0.251 e. The molecule has 1 N–H and O–H groups in total. The molecule has 1 aromatic heterocycles. The average molecular weight is 399 g/mol. The van der Waals surface area contributed by atoms with Crippen LogP contribution in [0.4, 0.5) is 0 Å². The fraction of sp³-hybridized carbons (Fsp3) is 0.120. The van der Waals surface area contributed by atoms with Crippen LogP contribution in [0.1, 0.15) is 27.0 Å². The van der Waals surface area contributed by atoms with Crippen LogP contribution in [0.3, 0.4) is 0 Å². The zero-order chi connectivity index (χ0) is 20.2. The molecule has 4 aromatic rings. The highest BCUT2D eigenvalue weighted by Gasteiger charge is 2.08. The van der Waals surface area contributed by atoms with Gasteiger partial charge < -0.3 is 5.32 Å². The largest absolute Gasteiger partial charge is 0.348 e. The SMILES string of the molecule is Cc1ccc(-c2csc(-c3ccc(CNC(=O)c4cccc(C)c4)cc3)n2)cc1. The van der Waals surface area contributed by atoms with Crippen molar-refractivity contribution in [2.24, 2.45) is 0 Å². The van der Waals surface area contributed by atoms with Gasteiger partial charge in [-0.2, -0.15) is 0 Å². The van der Waals surface area contributed by atoms with Crippen LogP contribution in [0.25, 0.3) is 21.8 Å². The third kappa shape index (κ3) is 4.61. The molecular weight excluding hydrogens is 376 g/mol. The van der Waals surface area contributed by atoms with E-state index in [1.54, 1.807) is 11.3 Å². The van der Waals surface area contributed by atoms with Crippen LogP contribution in [0.5, 0.6) is 0 Å². The molecule has 0 saturated heterocycles. The van der Waals surface area contributed by atoms with Crippen molar-refractivity contribution in [1.82, 2.24) is 10.3 Å². The van der Waals surface area contributed by atoms with Gasteiger partial charge in [0.1, 0.15) is 5.01 Å². The topological polar surface area (TPSA) is 42.0 Å². The number of hydrogen-bond donors (Lipinski definition) is 1. The minimum absolute atomic E-state index is 0.0551. The van der Waals surface area contributed by atoms with E-state index in [2.05, 4.69) is 54.0 Å². The number of thiazole rings is 1. The summed E-state index contributed by atoms with van der Waals surface area (Å²) in [4.78, 5) is 17.1. The molecule has 0 saturated carbocycles. The summed E-state index contributed by atoms with van der Waals surface area (Å²) < 4.78 is 0. The second-order valence-electron chi connectivity index (χ2n) is 7.15. The standard InChI is InChI=1S/C25H22N2OS/c1-17-6-10-20(11-7-17)23-16-29-25(27-23)21-12-8-19(9-13-21)15-26-24(28)22-5-3-4-18(2)14-22/h3-14,16H,15H2,1-2H3,(H,26,28). The van der Waals surface area contributed by atoms with E-state index in [1.165, 1.54) is 5.56 Å². The van der Waals surface area contributed by atoms with Gasteiger partial charge in [0.15, 0.2) is 0 Å². The fourth-order valence-electron chi connectivity index (χ4n) is 3.10. The monoisotopic (exact) mass is 398 g/mol. The van der Waals surface area contributed by atoms with Crippen molar-refractivity contribution >= 4 is 17.2 Å². The van der Waals surface area contributed by atoms with Crippen LogP contribution >= 0.6 is 11.3 Å². The number of hydrogen-bond acceptors (Lipinski definition) is 3. The van der Waals surface area contributed by atoms with Gasteiger partial charge in [-0.05, 0) is 31.5 Å². The van der Waals surface area contributed by atoms with E-state index in [1.807, 2.05) is 43.3 Å². The summed E-state index contributed by atoms with van der Waals surface area (Å²) in [5.74, 6) is -0.0551. The van der Waals surface area contributed by atoms with Gasteiger partial charge in [-0.15, -0.1) is 11.3 Å². The number of carbonyl (C=O) groups excluding carboxylic acids is 1. The molecule has 0 aliphatic heterocycles. The first kappa shape index (κ1) is 19.1. The van der Waals surface area contributed by atoms with Gasteiger partial charge in [-0.25, -0.2) is 4.98 Å². The van der Waals surface area contributed by atoms with Gasteiger partial charge in [0, 0.05) is 28.6 Å². The molecule has 29 heavy (non-hydrogen) atoms. The zero-order valence-electron chi connectivity index (χ0n) is 16.5. The summed E-state index contributed by atoms with van der Waals surface area (Å²) in [6.07, 6.45) is 0. The van der Waals surface area contributed by atoms with Gasteiger partial charge >= 0.3 is 0 Å². The van der Waals surface area contributed by atoms with Crippen LogP contribution in [-0.4, -0.2) is 10.9 Å². The molecule has 1 heterocycles. The Morgan fingerprint density at radius 2 is 1.62 bits per heavy atom. The van der Waals surface area contributed by atoms with Crippen LogP contribution in [0, 0.1) is 13.8 Å². The van der Waals surface area contributed by atoms with E-state index in [0.29, 0.717) is 12.1 Å². The molecule has 0 radical (unpaired) electrons. The number of aromatic nitrogens is 1. The molecule has 0 fully saturated rings. The molecule has 3 nitrogen and oxygen atoms in total. The van der Waals surface area contributed by atoms with Gasteiger partial charge in [0.05, 0.1) is 5.69 Å². The summed E-state index contributed by atoms with van der Waals surface area (Å²) in [5.41, 5.74) is 7.29. The lowest BCUT2D eigenvalue weighted by atomic mass is 10.1. The molecule has 1 amide bonds. The van der Waals surface area contributed by atoms with E-state index in [9.17, 15) is 4.79 Å². The van der Waals surface area contributed by atoms with Crippen molar-refractivity contribution in [3.63, 3.8) is 0 Å². The summed E-state index contributed by atoms with van der Waals surface area (Å²) in [5, 5.41) is 6.07. The molecule has 0 aliphatic rings. The number of rotatable bonds is 5. The number of benzene rings is 3. The zero-order valence-corrected chi connectivity index (χ0v) is 17.3. The van der Waals surface area contributed by atoms with Gasteiger partial charge in [0.2, 0.25) is 0 Å². The number of carbonyl (C=O) groups is 1. The summed E-state index contributed by atoms with van der Waals surface area (Å²) >= 11 is 1.64.